The van der Waals surface area contributed by atoms with E-state index in [1.165, 1.54) is 18.3 Å². The minimum absolute atomic E-state index is 0.0267. The summed E-state index contributed by atoms with van der Waals surface area (Å²) in [5.41, 5.74) is 1.25. The van der Waals surface area contributed by atoms with Crippen LogP contribution in [0.3, 0.4) is 0 Å². The van der Waals surface area contributed by atoms with Crippen molar-refractivity contribution in [2.75, 3.05) is 10.6 Å². The second kappa shape index (κ2) is 7.51. The molecule has 0 aliphatic carbocycles. The summed E-state index contributed by atoms with van der Waals surface area (Å²) in [6, 6.07) is 6.10. The van der Waals surface area contributed by atoms with Crippen LogP contribution in [0.15, 0.2) is 42.9 Å². The number of benzene rings is 1. The van der Waals surface area contributed by atoms with Crippen molar-refractivity contribution in [2.45, 2.75) is 13.2 Å². The van der Waals surface area contributed by atoms with Crippen molar-refractivity contribution < 1.29 is 17.9 Å². The number of rotatable bonds is 7. The Balaban J connectivity index is 1.68. The maximum Gasteiger partial charge on any atom is 0.387 e. The van der Waals surface area contributed by atoms with E-state index in [2.05, 4.69) is 35.5 Å². The fraction of sp³-hybridized carbons (Fsp3) is 0.133. The average molecular weight is 350 g/mol. The largest absolute Gasteiger partial charge is 0.435 e. The summed E-state index contributed by atoms with van der Waals surface area (Å²) in [6.07, 6.45) is 4.14. The van der Waals surface area contributed by atoms with Crippen LogP contribution in [-0.4, -0.2) is 26.8 Å². The number of hydrogen-bond donors (Lipinski definition) is 3. The monoisotopic (exact) mass is 350 g/mol. The highest BCUT2D eigenvalue weighted by Gasteiger charge is 2.09. The molecule has 0 atom stereocenters. The van der Waals surface area contributed by atoms with Crippen LogP contribution >= 0.6 is 0 Å². The van der Waals surface area contributed by atoms with E-state index in [0.29, 0.717) is 11.3 Å². The van der Waals surface area contributed by atoms with Gasteiger partial charge in [0.05, 0.1) is 18.1 Å². The number of ether oxygens (including phenoxy) is 1. The third kappa shape index (κ3) is 4.59. The van der Waals surface area contributed by atoms with Crippen LogP contribution in [0.5, 0.6) is 5.75 Å². The lowest BCUT2D eigenvalue weighted by Crippen LogP contribution is -2.07. The van der Waals surface area contributed by atoms with Gasteiger partial charge in [0, 0.05) is 12.7 Å². The molecule has 7 nitrogen and oxygen atoms in total. The minimum atomic E-state index is -2.90. The number of alkyl halides is 2. The van der Waals surface area contributed by atoms with Crippen molar-refractivity contribution in [3.63, 3.8) is 0 Å². The Morgan fingerprint density at radius 1 is 1.24 bits per heavy atom. The van der Waals surface area contributed by atoms with E-state index in [0.717, 1.165) is 6.20 Å². The van der Waals surface area contributed by atoms with Gasteiger partial charge in [-0.1, -0.05) is 12.1 Å². The highest BCUT2D eigenvalue weighted by molar-refractivity contribution is 5.52. The third-order valence-electron chi connectivity index (χ3n) is 3.08. The summed E-state index contributed by atoms with van der Waals surface area (Å²) in [5.74, 6) is -0.459. The van der Waals surface area contributed by atoms with E-state index in [1.54, 1.807) is 18.3 Å². The average Bonchev–Trinajstić information content (AvgIpc) is 3.08. The Kier molecular flexibility index (Phi) is 4.97. The van der Waals surface area contributed by atoms with E-state index < -0.39 is 12.4 Å². The molecule has 25 heavy (non-hydrogen) atoms. The first-order valence-corrected chi connectivity index (χ1v) is 7.16. The number of nitrogens with one attached hydrogen (secondary N) is 3. The van der Waals surface area contributed by atoms with Gasteiger partial charge >= 0.3 is 6.61 Å². The van der Waals surface area contributed by atoms with Gasteiger partial charge in [-0.3, -0.25) is 5.10 Å². The first kappa shape index (κ1) is 16.6. The van der Waals surface area contributed by atoms with E-state index in [-0.39, 0.29) is 24.1 Å². The number of aromatic nitrogens is 4. The van der Waals surface area contributed by atoms with Gasteiger partial charge in [-0.2, -0.15) is 18.9 Å². The molecule has 10 heteroatoms. The Labute approximate surface area is 140 Å². The summed E-state index contributed by atoms with van der Waals surface area (Å²) < 4.78 is 42.6. The molecule has 1 aromatic carbocycles. The maximum atomic E-state index is 13.8. The molecule has 0 amide bonds. The highest BCUT2D eigenvalue weighted by Crippen LogP contribution is 2.19. The van der Waals surface area contributed by atoms with E-state index >= 15 is 0 Å². The molecule has 0 saturated carbocycles. The predicted octanol–water partition coefficient (Wildman–Crippen LogP) is 3.30. The first-order chi connectivity index (χ1) is 12.1. The zero-order valence-electron chi connectivity index (χ0n) is 12.7. The molecule has 0 aliphatic heterocycles. The third-order valence-corrected chi connectivity index (χ3v) is 3.08. The lowest BCUT2D eigenvalue weighted by Gasteiger charge is -2.10. The topological polar surface area (TPSA) is 87.8 Å². The summed E-state index contributed by atoms with van der Waals surface area (Å²) in [5, 5.41) is 12.0. The molecule has 0 fully saturated rings. The van der Waals surface area contributed by atoms with E-state index in [9.17, 15) is 13.2 Å². The lowest BCUT2D eigenvalue weighted by atomic mass is 10.2. The zero-order valence-corrected chi connectivity index (χ0v) is 12.7. The van der Waals surface area contributed by atoms with Crippen molar-refractivity contribution in [1.29, 1.82) is 0 Å². The van der Waals surface area contributed by atoms with Crippen LogP contribution in [0.1, 0.15) is 5.56 Å². The summed E-state index contributed by atoms with van der Waals surface area (Å²) in [4.78, 5) is 7.87. The Bertz CT molecular complexity index is 828. The zero-order chi connectivity index (χ0) is 17.6. The van der Waals surface area contributed by atoms with Crippen molar-refractivity contribution >= 4 is 17.5 Å². The molecule has 0 radical (unpaired) electrons. The number of nitrogens with zero attached hydrogens (tertiary/aromatic N) is 3. The second-order valence-corrected chi connectivity index (χ2v) is 4.88. The molecule has 0 bridgehead atoms. The maximum absolute atomic E-state index is 13.8. The fourth-order valence-corrected chi connectivity index (χ4v) is 2.02. The van der Waals surface area contributed by atoms with Gasteiger partial charge in [0.15, 0.2) is 11.6 Å². The number of aromatic amines is 1. The van der Waals surface area contributed by atoms with Crippen LogP contribution < -0.4 is 15.4 Å². The van der Waals surface area contributed by atoms with Crippen LogP contribution in [0.4, 0.5) is 30.6 Å². The van der Waals surface area contributed by atoms with Gasteiger partial charge in [-0.15, -0.1) is 0 Å². The van der Waals surface area contributed by atoms with Gasteiger partial charge in [-0.25, -0.2) is 9.37 Å². The van der Waals surface area contributed by atoms with Crippen LogP contribution in [0.2, 0.25) is 0 Å². The lowest BCUT2D eigenvalue weighted by molar-refractivity contribution is -0.0498. The molecular weight excluding hydrogens is 337 g/mol. The summed E-state index contributed by atoms with van der Waals surface area (Å²) >= 11 is 0. The Hall–Kier alpha value is -3.30. The number of H-pyrrole nitrogens is 1. The van der Waals surface area contributed by atoms with Crippen molar-refractivity contribution in [3.05, 3.63) is 54.2 Å². The number of anilines is 3. The number of hydrogen-bond acceptors (Lipinski definition) is 6. The van der Waals surface area contributed by atoms with Crippen molar-refractivity contribution in [2.24, 2.45) is 0 Å². The molecular formula is C15H13F3N6O. The molecule has 3 aromatic rings. The van der Waals surface area contributed by atoms with Crippen LogP contribution in [0, 0.1) is 5.82 Å². The normalized spacial score (nSPS) is 10.7. The Morgan fingerprint density at radius 3 is 2.88 bits per heavy atom. The molecule has 2 aromatic heterocycles. The smallest absolute Gasteiger partial charge is 0.387 e. The van der Waals surface area contributed by atoms with E-state index in [4.69, 9.17) is 0 Å². The summed E-state index contributed by atoms with van der Waals surface area (Å²) in [6.45, 7) is -2.74. The van der Waals surface area contributed by atoms with Gasteiger partial charge in [0.1, 0.15) is 5.75 Å². The first-order valence-electron chi connectivity index (χ1n) is 7.16. The molecule has 0 saturated heterocycles. The molecule has 0 spiro atoms. The quantitative estimate of drug-likeness (QED) is 0.606. The standard InChI is InChI=1S/C15H13F3N6O/c16-12-8-20-15(23-10-6-21-22-7-10)24-13(12)19-5-9-2-1-3-11(4-9)25-14(17)18/h1-4,6-8,14H,5H2,(H,21,22)(H2,19,20,23,24). The molecule has 3 rings (SSSR count). The van der Waals surface area contributed by atoms with Gasteiger partial charge in [0.2, 0.25) is 5.95 Å². The van der Waals surface area contributed by atoms with Crippen LogP contribution in [0.25, 0.3) is 0 Å². The van der Waals surface area contributed by atoms with Crippen molar-refractivity contribution in [1.82, 2.24) is 20.2 Å². The van der Waals surface area contributed by atoms with Crippen molar-refractivity contribution in [3.8, 4) is 5.75 Å². The van der Waals surface area contributed by atoms with Gasteiger partial charge in [0.25, 0.3) is 0 Å². The molecule has 0 unspecified atom stereocenters. The minimum Gasteiger partial charge on any atom is -0.435 e. The summed E-state index contributed by atoms with van der Waals surface area (Å²) in [7, 11) is 0. The molecule has 2 heterocycles. The van der Waals surface area contributed by atoms with Crippen LogP contribution in [-0.2, 0) is 6.54 Å². The predicted molar refractivity (Wildman–Crippen MR) is 84.3 cm³/mol. The Morgan fingerprint density at radius 2 is 2.12 bits per heavy atom. The highest BCUT2D eigenvalue weighted by atomic mass is 19.3. The molecule has 3 N–H and O–H groups in total. The van der Waals surface area contributed by atoms with E-state index in [1.807, 2.05) is 0 Å². The SMILES string of the molecule is Fc1cnc(Nc2cn[nH]c2)nc1NCc1cccc(OC(F)F)c1. The fourth-order valence-electron chi connectivity index (χ4n) is 2.02. The number of halogens is 3. The molecule has 0 aliphatic rings. The molecule has 130 valence electrons. The second-order valence-electron chi connectivity index (χ2n) is 4.88. The van der Waals surface area contributed by atoms with Gasteiger partial charge < -0.3 is 15.4 Å². The van der Waals surface area contributed by atoms with Gasteiger partial charge in [-0.05, 0) is 17.7 Å².